The first-order valence-corrected chi connectivity index (χ1v) is 7.89. The Bertz CT molecular complexity index is 599. The zero-order valence-electron chi connectivity index (χ0n) is 12.8. The number of carbonyl (C=O) groups is 1. The van der Waals surface area contributed by atoms with Crippen molar-refractivity contribution >= 4 is 16.1 Å². The van der Waals surface area contributed by atoms with Crippen molar-refractivity contribution in [3.63, 3.8) is 0 Å². The maximum atomic E-state index is 12.3. The number of hydrogen-bond donors (Lipinski definition) is 1. The third-order valence-electron chi connectivity index (χ3n) is 2.67. The van der Waals surface area contributed by atoms with Gasteiger partial charge < -0.3 is 9.84 Å². The number of ether oxygens (including phenoxy) is 1. The lowest BCUT2D eigenvalue weighted by molar-refractivity contribution is 0.0420. The Morgan fingerprint density at radius 2 is 1.71 bits per heavy atom. The van der Waals surface area contributed by atoms with Crippen LogP contribution in [0.15, 0.2) is 29.2 Å². The molecule has 0 saturated heterocycles. The van der Waals surface area contributed by atoms with Gasteiger partial charge in [0.2, 0.25) is 0 Å². The summed E-state index contributed by atoms with van der Waals surface area (Å²) in [5, 5.41) is 9.41. The fourth-order valence-corrected chi connectivity index (χ4v) is 2.53. The number of aliphatic hydroxyl groups excluding tert-OH is 1. The van der Waals surface area contributed by atoms with Crippen molar-refractivity contribution in [2.45, 2.75) is 44.3 Å². The van der Waals surface area contributed by atoms with Crippen molar-refractivity contribution in [1.29, 1.82) is 0 Å². The quantitative estimate of drug-likeness (QED) is 0.925. The summed E-state index contributed by atoms with van der Waals surface area (Å²) in [6.45, 7) is 6.55. The minimum Gasteiger partial charge on any atom is -0.443 e. The van der Waals surface area contributed by atoms with E-state index in [2.05, 4.69) is 0 Å². The molecule has 1 aromatic rings. The second-order valence-corrected chi connectivity index (χ2v) is 7.67. The molecule has 0 fully saturated rings. The van der Waals surface area contributed by atoms with Gasteiger partial charge in [0.1, 0.15) is 5.60 Å². The van der Waals surface area contributed by atoms with Crippen LogP contribution in [0.1, 0.15) is 39.4 Å². The van der Waals surface area contributed by atoms with Crippen LogP contribution in [0.5, 0.6) is 0 Å². The maximum absolute atomic E-state index is 12.3. The van der Waals surface area contributed by atoms with E-state index in [0.29, 0.717) is 9.87 Å². The van der Waals surface area contributed by atoms with Crippen LogP contribution in [0, 0.1) is 0 Å². The summed E-state index contributed by atoms with van der Waals surface area (Å²) in [6, 6.07) is 5.69. The molecule has 1 atom stereocenters. The normalized spacial score (nSPS) is 13.6. The number of nitrogens with zero attached hydrogens (tertiary/aromatic N) is 1. The van der Waals surface area contributed by atoms with E-state index in [9.17, 15) is 18.3 Å². The summed E-state index contributed by atoms with van der Waals surface area (Å²) in [7, 11) is -2.83. The van der Waals surface area contributed by atoms with E-state index in [1.54, 1.807) is 27.7 Å². The highest BCUT2D eigenvalue weighted by molar-refractivity contribution is 7.89. The SMILES string of the molecule is CC(O)c1ccc(S(=O)(=O)N(C)C(=O)OC(C)(C)C)cc1. The van der Waals surface area contributed by atoms with Gasteiger partial charge in [-0.05, 0) is 45.4 Å². The van der Waals surface area contributed by atoms with Gasteiger partial charge in [0.25, 0.3) is 10.0 Å². The standard InChI is InChI=1S/C14H21NO5S/c1-10(16)11-6-8-12(9-7-11)21(18,19)15(5)13(17)20-14(2,3)4/h6-10,16H,1-5H3. The second kappa shape index (κ2) is 6.03. The third-order valence-corrected chi connectivity index (χ3v) is 4.41. The molecule has 0 spiro atoms. The van der Waals surface area contributed by atoms with Crippen molar-refractivity contribution in [2.75, 3.05) is 7.05 Å². The molecule has 7 heteroatoms. The van der Waals surface area contributed by atoms with Gasteiger partial charge in [0.15, 0.2) is 0 Å². The average molecular weight is 315 g/mol. The van der Waals surface area contributed by atoms with Crippen LogP contribution in [-0.4, -0.2) is 36.6 Å². The lowest BCUT2D eigenvalue weighted by atomic mass is 10.1. The zero-order chi connectivity index (χ0) is 16.4. The molecule has 0 aliphatic heterocycles. The van der Waals surface area contributed by atoms with Gasteiger partial charge in [-0.3, -0.25) is 0 Å². The van der Waals surface area contributed by atoms with Gasteiger partial charge in [-0.25, -0.2) is 17.5 Å². The Morgan fingerprint density at radius 3 is 2.10 bits per heavy atom. The largest absolute Gasteiger partial charge is 0.443 e. The molecule has 1 amide bonds. The number of rotatable bonds is 3. The van der Waals surface area contributed by atoms with E-state index in [4.69, 9.17) is 4.74 Å². The van der Waals surface area contributed by atoms with Crippen LogP contribution in [-0.2, 0) is 14.8 Å². The minimum atomic E-state index is -3.98. The molecule has 0 radical (unpaired) electrons. The first kappa shape index (κ1) is 17.5. The third kappa shape index (κ3) is 4.44. The molecule has 6 nitrogen and oxygen atoms in total. The number of sulfonamides is 1. The van der Waals surface area contributed by atoms with Gasteiger partial charge in [0.05, 0.1) is 11.0 Å². The molecule has 0 bridgehead atoms. The Labute approximate surface area is 125 Å². The van der Waals surface area contributed by atoms with Gasteiger partial charge in [-0.2, -0.15) is 0 Å². The summed E-state index contributed by atoms with van der Waals surface area (Å²) in [5.74, 6) is 0. The molecule has 0 heterocycles. The predicted octanol–water partition coefficient (Wildman–Crippen LogP) is 2.30. The van der Waals surface area contributed by atoms with Crippen molar-refractivity contribution in [2.24, 2.45) is 0 Å². The van der Waals surface area contributed by atoms with Gasteiger partial charge in [0, 0.05) is 7.05 Å². The Morgan fingerprint density at radius 1 is 1.24 bits per heavy atom. The minimum absolute atomic E-state index is 0.0414. The van der Waals surface area contributed by atoms with E-state index < -0.39 is 27.8 Å². The van der Waals surface area contributed by atoms with Crippen molar-refractivity contribution in [3.05, 3.63) is 29.8 Å². The highest BCUT2D eigenvalue weighted by Gasteiger charge is 2.29. The smallest absolute Gasteiger partial charge is 0.424 e. The van der Waals surface area contributed by atoms with Crippen molar-refractivity contribution in [1.82, 2.24) is 4.31 Å². The van der Waals surface area contributed by atoms with Crippen LogP contribution >= 0.6 is 0 Å². The summed E-state index contributed by atoms with van der Waals surface area (Å²) in [5.41, 5.74) is -0.189. The Hall–Kier alpha value is -1.60. The molecule has 1 N–H and O–H groups in total. The fourth-order valence-electron chi connectivity index (χ4n) is 1.50. The summed E-state index contributed by atoms with van der Waals surface area (Å²) in [4.78, 5) is 11.8. The van der Waals surface area contributed by atoms with Gasteiger partial charge in [-0.15, -0.1) is 0 Å². The van der Waals surface area contributed by atoms with Crippen LogP contribution < -0.4 is 0 Å². The highest BCUT2D eigenvalue weighted by Crippen LogP contribution is 2.20. The topological polar surface area (TPSA) is 83.9 Å². The molecular formula is C14H21NO5S. The number of benzene rings is 1. The molecule has 1 aromatic carbocycles. The van der Waals surface area contributed by atoms with Crippen LogP contribution in [0.2, 0.25) is 0 Å². The molecular weight excluding hydrogens is 294 g/mol. The molecule has 0 saturated carbocycles. The van der Waals surface area contributed by atoms with Crippen LogP contribution in [0.3, 0.4) is 0 Å². The number of hydrogen-bond acceptors (Lipinski definition) is 5. The predicted molar refractivity (Wildman–Crippen MR) is 78.3 cm³/mol. The van der Waals surface area contributed by atoms with E-state index in [0.717, 1.165) is 7.05 Å². The molecule has 1 unspecified atom stereocenters. The zero-order valence-corrected chi connectivity index (χ0v) is 13.6. The van der Waals surface area contributed by atoms with Gasteiger partial charge >= 0.3 is 6.09 Å². The maximum Gasteiger partial charge on any atom is 0.424 e. The number of amides is 1. The first-order valence-electron chi connectivity index (χ1n) is 6.45. The number of aliphatic hydroxyl groups is 1. The van der Waals surface area contributed by atoms with E-state index in [1.165, 1.54) is 24.3 Å². The van der Waals surface area contributed by atoms with Crippen LogP contribution in [0.25, 0.3) is 0 Å². The lowest BCUT2D eigenvalue weighted by Crippen LogP contribution is -2.38. The molecule has 0 aliphatic rings. The Kier molecular flexibility index (Phi) is 5.01. The van der Waals surface area contributed by atoms with E-state index in [-0.39, 0.29) is 4.90 Å². The molecule has 1 rings (SSSR count). The molecule has 118 valence electrons. The second-order valence-electron chi connectivity index (χ2n) is 5.70. The number of carbonyl (C=O) groups excluding carboxylic acids is 1. The van der Waals surface area contributed by atoms with Crippen molar-refractivity contribution < 1.29 is 23.1 Å². The van der Waals surface area contributed by atoms with Gasteiger partial charge in [-0.1, -0.05) is 12.1 Å². The summed E-state index contributed by atoms with van der Waals surface area (Å²) >= 11 is 0. The highest BCUT2D eigenvalue weighted by atomic mass is 32.2. The first-order chi connectivity index (χ1) is 9.45. The fraction of sp³-hybridized carbons (Fsp3) is 0.500. The summed E-state index contributed by atoms with van der Waals surface area (Å²) < 4.78 is 30.2. The van der Waals surface area contributed by atoms with E-state index in [1.807, 2.05) is 0 Å². The van der Waals surface area contributed by atoms with Crippen molar-refractivity contribution in [3.8, 4) is 0 Å². The molecule has 21 heavy (non-hydrogen) atoms. The molecule has 0 aliphatic carbocycles. The Balaban J connectivity index is 3.02. The average Bonchev–Trinajstić information content (AvgIpc) is 2.35. The van der Waals surface area contributed by atoms with Crippen LogP contribution in [0.4, 0.5) is 4.79 Å². The molecule has 0 aromatic heterocycles. The summed E-state index contributed by atoms with van der Waals surface area (Å²) in [6.07, 6.45) is -1.63. The monoisotopic (exact) mass is 315 g/mol. The van der Waals surface area contributed by atoms with E-state index >= 15 is 0 Å². The lowest BCUT2D eigenvalue weighted by Gasteiger charge is -2.24.